The summed E-state index contributed by atoms with van der Waals surface area (Å²) in [4.78, 5) is 22.6. The highest BCUT2D eigenvalue weighted by molar-refractivity contribution is 6.00. The van der Waals surface area contributed by atoms with Crippen LogP contribution in [0.2, 0.25) is 0 Å². The lowest BCUT2D eigenvalue weighted by atomic mass is 10.0. The van der Waals surface area contributed by atoms with E-state index in [9.17, 15) is 9.59 Å². The van der Waals surface area contributed by atoms with Crippen LogP contribution in [0.1, 0.15) is 24.2 Å². The minimum Gasteiger partial charge on any atom is -0.478 e. The summed E-state index contributed by atoms with van der Waals surface area (Å²) in [6, 6.07) is 4.66. The molecular formula is C12H14N2O3. The third-order valence-corrected chi connectivity index (χ3v) is 3.07. The van der Waals surface area contributed by atoms with E-state index in [-0.39, 0.29) is 23.4 Å². The number of fused-ring (bicyclic) bond motifs is 1. The molecule has 90 valence electrons. The fraction of sp³-hybridized carbons (Fsp3) is 0.333. The van der Waals surface area contributed by atoms with E-state index in [2.05, 4.69) is 10.6 Å². The van der Waals surface area contributed by atoms with Gasteiger partial charge >= 0.3 is 5.97 Å². The number of anilines is 2. The van der Waals surface area contributed by atoms with Crippen molar-refractivity contribution in [3.8, 4) is 0 Å². The second-order valence-electron chi connectivity index (χ2n) is 4.28. The Hall–Kier alpha value is -2.04. The van der Waals surface area contributed by atoms with Gasteiger partial charge in [0.1, 0.15) is 0 Å². The van der Waals surface area contributed by atoms with Crippen LogP contribution in [-0.4, -0.2) is 23.0 Å². The molecule has 0 saturated carbocycles. The van der Waals surface area contributed by atoms with Crippen LogP contribution >= 0.6 is 0 Å². The smallest absolute Gasteiger partial charge is 0.335 e. The second-order valence-corrected chi connectivity index (χ2v) is 4.28. The van der Waals surface area contributed by atoms with Gasteiger partial charge in [0.05, 0.1) is 22.9 Å². The van der Waals surface area contributed by atoms with E-state index in [0.717, 1.165) is 5.69 Å². The number of carboxylic acids is 1. The van der Waals surface area contributed by atoms with Crippen LogP contribution in [0.25, 0.3) is 0 Å². The lowest BCUT2D eigenvalue weighted by Crippen LogP contribution is -2.30. The van der Waals surface area contributed by atoms with Crippen molar-refractivity contribution >= 4 is 23.3 Å². The third-order valence-electron chi connectivity index (χ3n) is 3.07. The van der Waals surface area contributed by atoms with Gasteiger partial charge in [-0.1, -0.05) is 6.92 Å². The van der Waals surface area contributed by atoms with Crippen LogP contribution in [0, 0.1) is 5.92 Å². The highest BCUT2D eigenvalue weighted by Crippen LogP contribution is 2.28. The summed E-state index contributed by atoms with van der Waals surface area (Å²) < 4.78 is 0. The van der Waals surface area contributed by atoms with Gasteiger partial charge in [-0.25, -0.2) is 4.79 Å². The molecule has 5 heteroatoms. The van der Waals surface area contributed by atoms with Gasteiger partial charge in [-0.15, -0.1) is 0 Å². The van der Waals surface area contributed by atoms with Crippen molar-refractivity contribution in [2.24, 2.45) is 5.92 Å². The number of hydrogen-bond acceptors (Lipinski definition) is 3. The molecule has 1 aliphatic rings. The first-order valence-electron chi connectivity index (χ1n) is 5.44. The Morgan fingerprint density at radius 2 is 2.00 bits per heavy atom. The van der Waals surface area contributed by atoms with E-state index in [0.29, 0.717) is 5.69 Å². The third kappa shape index (κ3) is 2.08. The zero-order chi connectivity index (χ0) is 12.6. The van der Waals surface area contributed by atoms with Crippen LogP contribution < -0.4 is 10.6 Å². The van der Waals surface area contributed by atoms with Crippen LogP contribution in [-0.2, 0) is 4.79 Å². The number of rotatable bonds is 1. The van der Waals surface area contributed by atoms with E-state index in [4.69, 9.17) is 5.11 Å². The largest absolute Gasteiger partial charge is 0.478 e. The predicted molar refractivity (Wildman–Crippen MR) is 64.3 cm³/mol. The molecule has 1 amide bonds. The molecule has 2 atom stereocenters. The highest BCUT2D eigenvalue weighted by atomic mass is 16.4. The van der Waals surface area contributed by atoms with Gasteiger partial charge in [0.25, 0.3) is 0 Å². The molecule has 1 aromatic carbocycles. The number of carbonyl (C=O) groups excluding carboxylic acids is 1. The topological polar surface area (TPSA) is 78.4 Å². The van der Waals surface area contributed by atoms with E-state index in [1.807, 2.05) is 13.8 Å². The minimum absolute atomic E-state index is 0.00641. The molecule has 0 spiro atoms. The quantitative estimate of drug-likeness (QED) is 0.692. The van der Waals surface area contributed by atoms with Gasteiger partial charge in [-0.3, -0.25) is 4.79 Å². The van der Waals surface area contributed by atoms with E-state index in [1.165, 1.54) is 12.1 Å². The van der Waals surface area contributed by atoms with Crippen molar-refractivity contribution in [1.29, 1.82) is 0 Å². The van der Waals surface area contributed by atoms with Gasteiger partial charge in [-0.2, -0.15) is 0 Å². The number of amides is 1. The lowest BCUT2D eigenvalue weighted by molar-refractivity contribution is -0.119. The second kappa shape index (κ2) is 4.08. The van der Waals surface area contributed by atoms with Crippen LogP contribution in [0.3, 0.4) is 0 Å². The fourth-order valence-corrected chi connectivity index (χ4v) is 1.75. The molecule has 0 bridgehead atoms. The summed E-state index contributed by atoms with van der Waals surface area (Å²) in [5.41, 5.74) is 1.43. The number of hydrogen-bond donors (Lipinski definition) is 3. The Balaban J connectivity index is 2.43. The average molecular weight is 234 g/mol. The monoisotopic (exact) mass is 234 g/mol. The molecule has 1 aliphatic heterocycles. The predicted octanol–water partition coefficient (Wildman–Crippen LogP) is 1.77. The average Bonchev–Trinajstić information content (AvgIpc) is 2.38. The number of benzene rings is 1. The summed E-state index contributed by atoms with van der Waals surface area (Å²) in [6.45, 7) is 3.75. The Bertz CT molecular complexity index is 485. The molecule has 0 saturated heterocycles. The van der Waals surface area contributed by atoms with Gasteiger partial charge in [0.2, 0.25) is 5.91 Å². The first-order valence-corrected chi connectivity index (χ1v) is 5.44. The zero-order valence-corrected chi connectivity index (χ0v) is 9.65. The number of aromatic carboxylic acids is 1. The molecule has 1 heterocycles. The van der Waals surface area contributed by atoms with Gasteiger partial charge in [0, 0.05) is 6.04 Å². The Labute approximate surface area is 98.8 Å². The SMILES string of the molecule is C[C@H]1Nc2ccc(C(=O)O)cc2NC(=O)[C@@H]1C. The molecule has 1 aromatic rings. The van der Waals surface area contributed by atoms with Crippen molar-refractivity contribution in [3.05, 3.63) is 23.8 Å². The molecule has 3 N–H and O–H groups in total. The number of nitrogens with one attached hydrogen (secondary N) is 2. The molecule has 0 fully saturated rings. The first-order chi connectivity index (χ1) is 7.99. The molecule has 0 aliphatic carbocycles. The van der Waals surface area contributed by atoms with E-state index >= 15 is 0 Å². The maximum atomic E-state index is 11.8. The Kier molecular flexibility index (Phi) is 2.75. The van der Waals surface area contributed by atoms with Crippen molar-refractivity contribution in [3.63, 3.8) is 0 Å². The van der Waals surface area contributed by atoms with Gasteiger partial charge in [-0.05, 0) is 25.1 Å². The van der Waals surface area contributed by atoms with Crippen molar-refractivity contribution < 1.29 is 14.7 Å². The molecule has 2 rings (SSSR count). The van der Waals surface area contributed by atoms with Crippen LogP contribution in [0.4, 0.5) is 11.4 Å². The summed E-state index contributed by atoms with van der Waals surface area (Å²) in [5, 5.41) is 14.8. The van der Waals surface area contributed by atoms with E-state index < -0.39 is 5.97 Å². The van der Waals surface area contributed by atoms with Gasteiger partial charge < -0.3 is 15.7 Å². The molecule has 0 aromatic heterocycles. The molecule has 17 heavy (non-hydrogen) atoms. The van der Waals surface area contributed by atoms with Gasteiger partial charge in [0.15, 0.2) is 0 Å². The van der Waals surface area contributed by atoms with Crippen LogP contribution in [0.15, 0.2) is 18.2 Å². The normalized spacial score (nSPS) is 23.1. The molecule has 0 unspecified atom stereocenters. The fourth-order valence-electron chi connectivity index (χ4n) is 1.75. The maximum Gasteiger partial charge on any atom is 0.335 e. The molecule has 0 radical (unpaired) electrons. The molecule has 5 nitrogen and oxygen atoms in total. The highest BCUT2D eigenvalue weighted by Gasteiger charge is 2.25. The summed E-state index contributed by atoms with van der Waals surface area (Å²) >= 11 is 0. The lowest BCUT2D eigenvalue weighted by Gasteiger charge is -2.16. The van der Waals surface area contributed by atoms with Crippen LogP contribution in [0.5, 0.6) is 0 Å². The number of carboxylic acid groups (broad SMARTS) is 1. The first kappa shape index (κ1) is 11.4. The maximum absolute atomic E-state index is 11.8. The minimum atomic E-state index is -1.01. The standard InChI is InChI=1S/C12H14N2O3/c1-6-7(2)13-9-4-3-8(12(16)17)5-10(9)14-11(6)15/h3-7,13H,1-2H3,(H,14,15)(H,16,17)/t6-,7-/m1/s1. The summed E-state index contributed by atoms with van der Waals surface area (Å²) in [6.07, 6.45) is 0. The Morgan fingerprint density at radius 3 is 2.65 bits per heavy atom. The summed E-state index contributed by atoms with van der Waals surface area (Å²) in [5.74, 6) is -1.28. The molecular weight excluding hydrogens is 220 g/mol. The summed E-state index contributed by atoms with van der Waals surface area (Å²) in [7, 11) is 0. The van der Waals surface area contributed by atoms with Crippen molar-refractivity contribution in [2.75, 3.05) is 10.6 Å². The van der Waals surface area contributed by atoms with Crippen molar-refractivity contribution in [1.82, 2.24) is 0 Å². The van der Waals surface area contributed by atoms with E-state index in [1.54, 1.807) is 6.07 Å². The van der Waals surface area contributed by atoms with Crippen molar-refractivity contribution in [2.45, 2.75) is 19.9 Å². The Morgan fingerprint density at radius 1 is 1.29 bits per heavy atom. The number of carbonyl (C=O) groups is 2. The zero-order valence-electron chi connectivity index (χ0n) is 9.65.